The van der Waals surface area contributed by atoms with E-state index in [-0.39, 0.29) is 5.92 Å². The van der Waals surface area contributed by atoms with Crippen LogP contribution in [0.25, 0.3) is 0 Å². The van der Waals surface area contributed by atoms with E-state index in [0.29, 0.717) is 13.2 Å². The zero-order chi connectivity index (χ0) is 14.9. The molecule has 0 spiro atoms. The van der Waals surface area contributed by atoms with Crippen LogP contribution in [0.3, 0.4) is 0 Å². The quantitative estimate of drug-likeness (QED) is 0.629. The average Bonchev–Trinajstić information content (AvgIpc) is 2.66. The molecule has 4 heteroatoms. The lowest BCUT2D eigenvalue weighted by molar-refractivity contribution is 0.250. The fraction of sp³-hybridized carbons (Fsp3) is 0.588. The summed E-state index contributed by atoms with van der Waals surface area (Å²) in [5.41, 5.74) is 1.84. The van der Waals surface area contributed by atoms with E-state index < -0.39 is 5.54 Å². The number of nitrogens with zero attached hydrogens (tertiary/aromatic N) is 1. The van der Waals surface area contributed by atoms with Gasteiger partial charge in [-0.05, 0) is 36.8 Å². The second-order valence-electron chi connectivity index (χ2n) is 6.15. The number of aliphatic imine (C=N–C) groups is 1. The molecule has 1 aliphatic carbocycles. The number of ether oxygens (including phenoxy) is 2. The van der Waals surface area contributed by atoms with Crippen LogP contribution in [0.1, 0.15) is 56.6 Å². The lowest BCUT2D eigenvalue weighted by atomic mass is 9.69. The predicted molar refractivity (Wildman–Crippen MR) is 79.8 cm³/mol. The van der Waals surface area contributed by atoms with Crippen LogP contribution in [0, 0.1) is 0 Å². The first kappa shape index (κ1) is 14.2. The van der Waals surface area contributed by atoms with Gasteiger partial charge in [-0.3, -0.25) is 0 Å². The highest BCUT2D eigenvalue weighted by Crippen LogP contribution is 2.51. The van der Waals surface area contributed by atoms with Crippen LogP contribution in [-0.2, 0) is 10.3 Å². The zero-order valence-corrected chi connectivity index (χ0v) is 12.6. The van der Waals surface area contributed by atoms with Crippen molar-refractivity contribution in [1.82, 2.24) is 0 Å². The van der Waals surface area contributed by atoms with Crippen molar-refractivity contribution in [2.45, 2.75) is 51.0 Å². The molecule has 1 aromatic rings. The summed E-state index contributed by atoms with van der Waals surface area (Å²) in [6, 6.07) is 4.02. The largest absolute Gasteiger partial charge is 0.490 e. The molecule has 0 N–H and O–H groups in total. The maximum atomic E-state index is 10.9. The van der Waals surface area contributed by atoms with Crippen LogP contribution in [-0.4, -0.2) is 19.3 Å². The number of fused-ring (bicyclic) bond motifs is 1. The van der Waals surface area contributed by atoms with E-state index in [4.69, 9.17) is 9.47 Å². The van der Waals surface area contributed by atoms with Gasteiger partial charge in [0.05, 0.1) is 18.8 Å². The second-order valence-corrected chi connectivity index (χ2v) is 6.15. The summed E-state index contributed by atoms with van der Waals surface area (Å²) in [6.45, 7) is 5.64. The number of isocyanates is 1. The van der Waals surface area contributed by atoms with Gasteiger partial charge in [0.25, 0.3) is 0 Å². The van der Waals surface area contributed by atoms with Crippen molar-refractivity contribution in [2.24, 2.45) is 4.99 Å². The van der Waals surface area contributed by atoms with Crippen molar-refractivity contribution in [3.63, 3.8) is 0 Å². The lowest BCUT2D eigenvalue weighted by Gasteiger charge is -2.39. The molecule has 0 unspecified atom stereocenters. The van der Waals surface area contributed by atoms with Crippen LogP contribution < -0.4 is 9.47 Å². The molecule has 0 amide bonds. The standard InChI is InChI=1S/C17H21NO3/c1-12(2)15-13(17(18-11-19)7-3-8-17)5-6-14-16(15)21-10-4-9-20-14/h5-6,12H,3-4,7-10H2,1-2H3. The smallest absolute Gasteiger partial charge is 0.235 e. The summed E-state index contributed by atoms with van der Waals surface area (Å²) in [5.74, 6) is 1.94. The number of hydrogen-bond donors (Lipinski definition) is 0. The Morgan fingerprint density at radius 2 is 1.95 bits per heavy atom. The minimum Gasteiger partial charge on any atom is -0.490 e. The Hall–Kier alpha value is -1.80. The molecular weight excluding hydrogens is 266 g/mol. The van der Waals surface area contributed by atoms with Gasteiger partial charge in [-0.1, -0.05) is 19.9 Å². The minimum absolute atomic E-state index is 0.288. The van der Waals surface area contributed by atoms with Crippen LogP contribution in [0.2, 0.25) is 0 Å². The van der Waals surface area contributed by atoms with E-state index in [1.807, 2.05) is 6.07 Å². The first-order valence-electron chi connectivity index (χ1n) is 7.70. The van der Waals surface area contributed by atoms with E-state index in [9.17, 15) is 4.79 Å². The Bertz CT molecular complexity index is 584. The van der Waals surface area contributed by atoms with Crippen molar-refractivity contribution >= 4 is 6.08 Å². The van der Waals surface area contributed by atoms with Gasteiger partial charge >= 0.3 is 0 Å². The van der Waals surface area contributed by atoms with Gasteiger partial charge in [0.2, 0.25) is 6.08 Å². The summed E-state index contributed by atoms with van der Waals surface area (Å²) in [7, 11) is 0. The number of rotatable bonds is 3. The normalized spacial score (nSPS) is 19.4. The molecule has 0 saturated heterocycles. The molecule has 112 valence electrons. The van der Waals surface area contributed by atoms with Gasteiger partial charge in [-0.2, -0.15) is 4.99 Å². The molecule has 0 radical (unpaired) electrons. The first-order valence-corrected chi connectivity index (χ1v) is 7.70. The number of carbonyl (C=O) groups excluding carboxylic acids is 1. The molecule has 1 heterocycles. The number of hydrogen-bond acceptors (Lipinski definition) is 4. The monoisotopic (exact) mass is 287 g/mol. The molecule has 1 aromatic carbocycles. The number of benzene rings is 1. The summed E-state index contributed by atoms with van der Waals surface area (Å²) in [4.78, 5) is 15.0. The molecule has 21 heavy (non-hydrogen) atoms. The van der Waals surface area contributed by atoms with Gasteiger partial charge in [0, 0.05) is 12.0 Å². The topological polar surface area (TPSA) is 47.9 Å². The summed E-state index contributed by atoms with van der Waals surface area (Å²) < 4.78 is 11.7. The van der Waals surface area contributed by atoms with Gasteiger partial charge in [0.1, 0.15) is 0 Å². The maximum Gasteiger partial charge on any atom is 0.235 e. The summed E-state index contributed by atoms with van der Waals surface area (Å²) in [6.07, 6.45) is 5.56. The highest BCUT2D eigenvalue weighted by Gasteiger charge is 2.42. The van der Waals surface area contributed by atoms with Gasteiger partial charge in [0.15, 0.2) is 11.5 Å². The Morgan fingerprint density at radius 1 is 1.19 bits per heavy atom. The predicted octanol–water partition coefficient (Wildman–Crippen LogP) is 3.69. The Labute approximate surface area is 125 Å². The highest BCUT2D eigenvalue weighted by molar-refractivity contribution is 5.56. The average molecular weight is 287 g/mol. The molecule has 2 aliphatic rings. The van der Waals surface area contributed by atoms with Crippen LogP contribution in [0.4, 0.5) is 0 Å². The van der Waals surface area contributed by atoms with E-state index in [1.165, 1.54) is 0 Å². The molecule has 3 rings (SSSR count). The second kappa shape index (κ2) is 5.53. The van der Waals surface area contributed by atoms with Crippen molar-refractivity contribution in [1.29, 1.82) is 0 Å². The Morgan fingerprint density at radius 3 is 2.57 bits per heavy atom. The third-order valence-electron chi connectivity index (χ3n) is 4.47. The molecule has 1 saturated carbocycles. The first-order chi connectivity index (χ1) is 10.2. The van der Waals surface area contributed by atoms with Gasteiger partial charge in [-0.15, -0.1) is 0 Å². The van der Waals surface area contributed by atoms with E-state index in [2.05, 4.69) is 24.9 Å². The molecule has 0 bridgehead atoms. The minimum atomic E-state index is -0.397. The van der Waals surface area contributed by atoms with Crippen molar-refractivity contribution in [3.05, 3.63) is 23.3 Å². The molecule has 0 atom stereocenters. The van der Waals surface area contributed by atoms with Crippen molar-refractivity contribution in [3.8, 4) is 11.5 Å². The Kier molecular flexibility index (Phi) is 3.73. The van der Waals surface area contributed by atoms with Crippen LogP contribution in [0.15, 0.2) is 17.1 Å². The molecule has 1 aliphatic heterocycles. The van der Waals surface area contributed by atoms with Crippen molar-refractivity contribution in [2.75, 3.05) is 13.2 Å². The van der Waals surface area contributed by atoms with Crippen molar-refractivity contribution < 1.29 is 14.3 Å². The molecule has 4 nitrogen and oxygen atoms in total. The fourth-order valence-electron chi connectivity index (χ4n) is 3.28. The molecule has 1 fully saturated rings. The Balaban J connectivity index is 2.17. The van der Waals surface area contributed by atoms with Gasteiger partial charge in [-0.25, -0.2) is 4.79 Å². The highest BCUT2D eigenvalue weighted by atomic mass is 16.5. The molecular formula is C17H21NO3. The third kappa shape index (κ3) is 2.34. The zero-order valence-electron chi connectivity index (χ0n) is 12.6. The SMILES string of the molecule is CC(C)c1c(C2(N=C=O)CCC2)ccc2c1OCCCO2. The third-order valence-corrected chi connectivity index (χ3v) is 4.47. The maximum absolute atomic E-state index is 10.9. The van der Waals surface area contributed by atoms with E-state index in [0.717, 1.165) is 48.3 Å². The fourth-order valence-corrected chi connectivity index (χ4v) is 3.28. The lowest BCUT2D eigenvalue weighted by Crippen LogP contribution is -2.33. The van der Waals surface area contributed by atoms with Crippen LogP contribution >= 0.6 is 0 Å². The summed E-state index contributed by atoms with van der Waals surface area (Å²) in [5, 5.41) is 0. The van der Waals surface area contributed by atoms with Crippen LogP contribution in [0.5, 0.6) is 11.5 Å². The van der Waals surface area contributed by atoms with E-state index >= 15 is 0 Å². The van der Waals surface area contributed by atoms with E-state index in [1.54, 1.807) is 6.08 Å². The van der Waals surface area contributed by atoms with Gasteiger partial charge < -0.3 is 9.47 Å². The molecule has 0 aromatic heterocycles. The summed E-state index contributed by atoms with van der Waals surface area (Å²) >= 11 is 0.